The number of hydrogen-bond donors (Lipinski definition) is 2. The molecule has 1 aromatic heterocycles. The number of aromatic nitrogens is 3. The van der Waals surface area contributed by atoms with Crippen LogP contribution in [-0.2, 0) is 0 Å². The molecule has 0 unspecified atom stereocenters. The third-order valence-corrected chi connectivity index (χ3v) is 1.73. The van der Waals surface area contributed by atoms with Gasteiger partial charge in [0.1, 0.15) is 18.4 Å². The minimum atomic E-state index is 0.0804. The molecular formula is C8H8N4O. The van der Waals surface area contributed by atoms with Gasteiger partial charge in [-0.15, -0.1) is 10.2 Å². The minimum Gasteiger partial charge on any atom is -0.506 e. The summed E-state index contributed by atoms with van der Waals surface area (Å²) < 4.78 is 1.70. The number of hydrogen-bond acceptors (Lipinski definition) is 4. The summed E-state index contributed by atoms with van der Waals surface area (Å²) in [6, 6.07) is 4.92. The van der Waals surface area contributed by atoms with E-state index in [0.29, 0.717) is 5.69 Å². The molecule has 2 rings (SSSR count). The summed E-state index contributed by atoms with van der Waals surface area (Å²) in [7, 11) is 0. The lowest BCUT2D eigenvalue weighted by atomic mass is 10.2. The zero-order valence-electron chi connectivity index (χ0n) is 6.75. The highest BCUT2D eigenvalue weighted by atomic mass is 16.3. The highest BCUT2D eigenvalue weighted by Crippen LogP contribution is 2.21. The Kier molecular flexibility index (Phi) is 1.63. The lowest BCUT2D eigenvalue weighted by molar-refractivity contribution is 0.478. The molecule has 5 nitrogen and oxygen atoms in total. The van der Waals surface area contributed by atoms with Crippen LogP contribution in [0.2, 0.25) is 0 Å². The Morgan fingerprint density at radius 3 is 2.54 bits per heavy atom. The van der Waals surface area contributed by atoms with Gasteiger partial charge < -0.3 is 10.8 Å². The topological polar surface area (TPSA) is 77.0 Å². The number of aromatic hydroxyl groups is 1. The van der Waals surface area contributed by atoms with Crippen LogP contribution in [0.4, 0.5) is 5.69 Å². The normalized spacial score (nSPS) is 10.2. The monoisotopic (exact) mass is 176 g/mol. The second-order valence-corrected chi connectivity index (χ2v) is 2.61. The molecule has 0 saturated carbocycles. The van der Waals surface area contributed by atoms with E-state index in [9.17, 15) is 5.11 Å². The van der Waals surface area contributed by atoms with E-state index >= 15 is 0 Å². The third-order valence-electron chi connectivity index (χ3n) is 1.73. The number of nitrogen functional groups attached to an aromatic ring is 1. The van der Waals surface area contributed by atoms with Crippen LogP contribution in [0.3, 0.4) is 0 Å². The molecule has 3 N–H and O–H groups in total. The second kappa shape index (κ2) is 2.78. The lowest BCUT2D eigenvalue weighted by Crippen LogP contribution is -1.92. The zero-order valence-corrected chi connectivity index (χ0v) is 6.75. The van der Waals surface area contributed by atoms with E-state index in [1.807, 2.05) is 0 Å². The smallest absolute Gasteiger partial charge is 0.138 e. The molecule has 0 spiro atoms. The van der Waals surface area contributed by atoms with Crippen molar-refractivity contribution in [3.63, 3.8) is 0 Å². The van der Waals surface area contributed by atoms with Gasteiger partial charge >= 0.3 is 0 Å². The molecule has 0 fully saturated rings. The first-order valence-electron chi connectivity index (χ1n) is 3.71. The Morgan fingerprint density at radius 2 is 1.92 bits per heavy atom. The first-order chi connectivity index (χ1) is 6.27. The number of phenolic OH excluding ortho intramolecular Hbond substituents is 1. The van der Waals surface area contributed by atoms with Crippen LogP contribution >= 0.6 is 0 Å². The molecule has 0 aliphatic heterocycles. The zero-order chi connectivity index (χ0) is 9.26. The molecule has 0 aliphatic carbocycles. The van der Waals surface area contributed by atoms with Crippen LogP contribution in [0.5, 0.6) is 5.75 Å². The highest BCUT2D eigenvalue weighted by Gasteiger charge is 1.99. The van der Waals surface area contributed by atoms with Crippen molar-refractivity contribution in [2.75, 3.05) is 5.73 Å². The van der Waals surface area contributed by atoms with Gasteiger partial charge in [0.25, 0.3) is 0 Å². The molecule has 1 heterocycles. The maximum absolute atomic E-state index is 9.18. The van der Waals surface area contributed by atoms with Crippen LogP contribution in [-0.4, -0.2) is 19.9 Å². The summed E-state index contributed by atoms with van der Waals surface area (Å²) in [6.45, 7) is 0. The molecule has 13 heavy (non-hydrogen) atoms. The summed E-state index contributed by atoms with van der Waals surface area (Å²) in [5, 5.41) is 16.5. The summed E-state index contributed by atoms with van der Waals surface area (Å²) >= 11 is 0. The molecule has 0 aliphatic rings. The van der Waals surface area contributed by atoms with Crippen LogP contribution in [0, 0.1) is 0 Å². The molecule has 0 amide bonds. The van der Waals surface area contributed by atoms with E-state index in [1.165, 1.54) is 6.07 Å². The van der Waals surface area contributed by atoms with Gasteiger partial charge in [0.05, 0.1) is 11.4 Å². The Balaban J connectivity index is 2.49. The van der Waals surface area contributed by atoms with E-state index in [4.69, 9.17) is 5.73 Å². The predicted octanol–water partition coefficient (Wildman–Crippen LogP) is 0.555. The molecule has 0 atom stereocenters. The van der Waals surface area contributed by atoms with E-state index in [0.717, 1.165) is 5.69 Å². The van der Waals surface area contributed by atoms with Crippen molar-refractivity contribution in [3.8, 4) is 11.4 Å². The summed E-state index contributed by atoms with van der Waals surface area (Å²) in [5.41, 5.74) is 6.68. The summed E-state index contributed by atoms with van der Waals surface area (Å²) in [6.07, 6.45) is 3.12. The van der Waals surface area contributed by atoms with Crippen molar-refractivity contribution < 1.29 is 5.11 Å². The van der Waals surface area contributed by atoms with E-state index in [2.05, 4.69) is 10.2 Å². The Hall–Kier alpha value is -2.04. The third kappa shape index (κ3) is 1.31. The fourth-order valence-electron chi connectivity index (χ4n) is 1.04. The van der Waals surface area contributed by atoms with Crippen molar-refractivity contribution in [2.45, 2.75) is 0 Å². The molecule has 5 heteroatoms. The van der Waals surface area contributed by atoms with Gasteiger partial charge in [-0.1, -0.05) is 0 Å². The van der Waals surface area contributed by atoms with Gasteiger partial charge in [0.2, 0.25) is 0 Å². The molecule has 0 radical (unpaired) electrons. The second-order valence-electron chi connectivity index (χ2n) is 2.61. The fourth-order valence-corrected chi connectivity index (χ4v) is 1.04. The molecule has 0 saturated heterocycles. The molecule has 1 aromatic carbocycles. The SMILES string of the molecule is Nc1cc(-n2cnnc2)ccc1O. The van der Waals surface area contributed by atoms with E-state index in [-0.39, 0.29) is 5.75 Å². The number of rotatable bonds is 1. The van der Waals surface area contributed by atoms with Crippen LogP contribution in [0.15, 0.2) is 30.9 Å². The van der Waals surface area contributed by atoms with Crippen LogP contribution < -0.4 is 5.73 Å². The van der Waals surface area contributed by atoms with Gasteiger partial charge in [0.15, 0.2) is 0 Å². The van der Waals surface area contributed by atoms with Crippen molar-refractivity contribution >= 4 is 5.69 Å². The van der Waals surface area contributed by atoms with Crippen molar-refractivity contribution in [1.82, 2.24) is 14.8 Å². The largest absolute Gasteiger partial charge is 0.506 e. The summed E-state index contributed by atoms with van der Waals surface area (Å²) in [5.74, 6) is 0.0804. The predicted molar refractivity (Wildman–Crippen MR) is 47.4 cm³/mol. The quantitative estimate of drug-likeness (QED) is 0.491. The number of benzene rings is 1. The number of nitrogens with two attached hydrogens (primary N) is 1. The van der Waals surface area contributed by atoms with Crippen molar-refractivity contribution in [2.24, 2.45) is 0 Å². The van der Waals surface area contributed by atoms with Crippen LogP contribution in [0.25, 0.3) is 5.69 Å². The maximum atomic E-state index is 9.18. The average molecular weight is 176 g/mol. The van der Waals surface area contributed by atoms with Gasteiger partial charge in [-0.2, -0.15) is 0 Å². The van der Waals surface area contributed by atoms with E-state index < -0.39 is 0 Å². The first-order valence-corrected chi connectivity index (χ1v) is 3.71. The number of phenols is 1. The average Bonchev–Trinajstić information content (AvgIpc) is 2.62. The molecule has 0 bridgehead atoms. The van der Waals surface area contributed by atoms with Gasteiger partial charge in [-0.3, -0.25) is 4.57 Å². The number of nitrogens with zero attached hydrogens (tertiary/aromatic N) is 3. The number of anilines is 1. The maximum Gasteiger partial charge on any atom is 0.138 e. The van der Waals surface area contributed by atoms with Crippen LogP contribution in [0.1, 0.15) is 0 Å². The minimum absolute atomic E-state index is 0.0804. The Morgan fingerprint density at radius 1 is 1.23 bits per heavy atom. The van der Waals surface area contributed by atoms with Gasteiger partial charge in [0, 0.05) is 0 Å². The lowest BCUT2D eigenvalue weighted by Gasteiger charge is -2.03. The standard InChI is InChI=1S/C8H8N4O/c9-7-3-6(1-2-8(7)13)12-4-10-11-5-12/h1-5,13H,9H2. The van der Waals surface area contributed by atoms with Gasteiger partial charge in [-0.05, 0) is 18.2 Å². The molecular weight excluding hydrogens is 168 g/mol. The summed E-state index contributed by atoms with van der Waals surface area (Å²) in [4.78, 5) is 0. The van der Waals surface area contributed by atoms with Crippen molar-refractivity contribution in [3.05, 3.63) is 30.9 Å². The fraction of sp³-hybridized carbons (Fsp3) is 0. The highest BCUT2D eigenvalue weighted by molar-refractivity contribution is 5.57. The van der Waals surface area contributed by atoms with Crippen molar-refractivity contribution in [1.29, 1.82) is 0 Å². The van der Waals surface area contributed by atoms with E-state index in [1.54, 1.807) is 29.4 Å². The Bertz CT molecular complexity index is 410. The molecule has 66 valence electrons. The Labute approximate surface area is 74.4 Å². The first kappa shape index (κ1) is 7.60. The molecule has 2 aromatic rings. The van der Waals surface area contributed by atoms with Gasteiger partial charge in [-0.25, -0.2) is 0 Å².